The fourth-order valence-corrected chi connectivity index (χ4v) is 3.87. The van der Waals surface area contributed by atoms with Crippen LogP contribution in [-0.2, 0) is 17.7 Å². The number of aliphatic hydroxyl groups is 1. The fourth-order valence-electron chi connectivity index (χ4n) is 3.87. The van der Waals surface area contributed by atoms with Gasteiger partial charge >= 0.3 is 6.09 Å². The third-order valence-electron chi connectivity index (χ3n) is 5.09. The van der Waals surface area contributed by atoms with Crippen LogP contribution in [0.2, 0.25) is 0 Å². The Kier molecular flexibility index (Phi) is 4.80. The highest BCUT2D eigenvalue weighted by Crippen LogP contribution is 2.32. The van der Waals surface area contributed by atoms with Crippen molar-refractivity contribution in [3.8, 4) is 0 Å². The summed E-state index contributed by atoms with van der Waals surface area (Å²) in [6.45, 7) is 8.21. The van der Waals surface area contributed by atoms with Gasteiger partial charge in [-0.05, 0) is 39.3 Å². The van der Waals surface area contributed by atoms with E-state index in [9.17, 15) is 9.90 Å². The van der Waals surface area contributed by atoms with Crippen molar-refractivity contribution in [3.05, 3.63) is 24.2 Å². The van der Waals surface area contributed by atoms with E-state index in [0.717, 1.165) is 24.2 Å². The molecule has 0 saturated carbocycles. The third kappa shape index (κ3) is 3.65. The van der Waals surface area contributed by atoms with E-state index >= 15 is 0 Å². The lowest BCUT2D eigenvalue weighted by molar-refractivity contribution is -0.106. The number of carbonyl (C=O) groups excluding carboxylic acids is 1. The average Bonchev–Trinajstić information content (AvgIpc) is 2.97. The van der Waals surface area contributed by atoms with Crippen molar-refractivity contribution < 1.29 is 14.6 Å². The summed E-state index contributed by atoms with van der Waals surface area (Å²) < 4.78 is 7.38. The Labute approximate surface area is 174 Å². The van der Waals surface area contributed by atoms with E-state index in [1.54, 1.807) is 6.20 Å². The number of likely N-dealkylation sites (tertiary alicyclic amines) is 1. The van der Waals surface area contributed by atoms with Crippen molar-refractivity contribution in [1.82, 2.24) is 24.4 Å². The number of hydrogen-bond acceptors (Lipinski definition) is 7. The van der Waals surface area contributed by atoms with Gasteiger partial charge in [0.25, 0.3) is 0 Å². The summed E-state index contributed by atoms with van der Waals surface area (Å²) in [5.74, 6) is 1.17. The lowest BCUT2D eigenvalue weighted by Crippen LogP contribution is -2.65. The summed E-state index contributed by atoms with van der Waals surface area (Å²) in [5, 5.41) is 11.1. The van der Waals surface area contributed by atoms with Crippen LogP contribution in [0.3, 0.4) is 0 Å². The van der Waals surface area contributed by atoms with Crippen LogP contribution in [0.15, 0.2) is 18.3 Å². The SMILES string of the molecule is CCCc1nc2c(N)nc3cccnc3c2n1CC1(O)CN(C(=O)OC(C)(C)C)C1. The van der Waals surface area contributed by atoms with E-state index in [0.29, 0.717) is 22.4 Å². The van der Waals surface area contributed by atoms with Gasteiger partial charge in [-0.2, -0.15) is 0 Å². The van der Waals surface area contributed by atoms with Crippen molar-refractivity contribution in [2.24, 2.45) is 0 Å². The van der Waals surface area contributed by atoms with Crippen LogP contribution in [0, 0.1) is 0 Å². The second kappa shape index (κ2) is 7.09. The second-order valence-electron chi connectivity index (χ2n) is 8.99. The van der Waals surface area contributed by atoms with E-state index < -0.39 is 17.3 Å². The van der Waals surface area contributed by atoms with E-state index in [1.807, 2.05) is 37.5 Å². The number of β-amino-alcohol motifs (C(OH)–C–C–N with tert-alkyl or cyclic N) is 1. The van der Waals surface area contributed by atoms with Crippen LogP contribution in [0.1, 0.15) is 39.9 Å². The number of amides is 1. The van der Waals surface area contributed by atoms with Crippen LogP contribution >= 0.6 is 0 Å². The molecule has 1 amide bonds. The Morgan fingerprint density at radius 3 is 2.70 bits per heavy atom. The third-order valence-corrected chi connectivity index (χ3v) is 5.09. The first-order valence-corrected chi connectivity index (χ1v) is 10.2. The molecular formula is C21H28N6O3. The predicted octanol–water partition coefficient (Wildman–Crippen LogP) is 2.50. The van der Waals surface area contributed by atoms with Gasteiger partial charge in [0.05, 0.1) is 25.2 Å². The predicted molar refractivity (Wildman–Crippen MR) is 114 cm³/mol. The van der Waals surface area contributed by atoms with Gasteiger partial charge in [-0.15, -0.1) is 0 Å². The molecule has 0 aromatic carbocycles. The maximum Gasteiger partial charge on any atom is 0.410 e. The topological polar surface area (TPSA) is 119 Å². The van der Waals surface area contributed by atoms with E-state index in [1.165, 1.54) is 4.90 Å². The minimum absolute atomic E-state index is 0.194. The molecule has 1 fully saturated rings. The highest BCUT2D eigenvalue weighted by Gasteiger charge is 2.46. The molecule has 1 aliphatic heterocycles. The molecule has 0 unspecified atom stereocenters. The molecule has 0 atom stereocenters. The number of hydrogen-bond donors (Lipinski definition) is 2. The molecule has 4 rings (SSSR count). The number of fused-ring (bicyclic) bond motifs is 3. The van der Waals surface area contributed by atoms with E-state index in [4.69, 9.17) is 15.5 Å². The molecule has 0 spiro atoms. The molecule has 1 saturated heterocycles. The molecule has 30 heavy (non-hydrogen) atoms. The highest BCUT2D eigenvalue weighted by molar-refractivity contribution is 6.04. The number of nitrogens with two attached hydrogens (primary N) is 1. The number of aryl methyl sites for hydroxylation is 1. The smallest absolute Gasteiger partial charge is 0.410 e. The summed E-state index contributed by atoms with van der Waals surface area (Å²) in [4.78, 5) is 27.4. The Morgan fingerprint density at radius 2 is 2.03 bits per heavy atom. The number of nitrogen functional groups attached to an aromatic ring is 1. The van der Waals surface area contributed by atoms with Gasteiger partial charge < -0.3 is 25.0 Å². The summed E-state index contributed by atoms with van der Waals surface area (Å²) in [5.41, 5.74) is 7.28. The normalized spacial score (nSPS) is 16.1. The van der Waals surface area contributed by atoms with Crippen molar-refractivity contribution in [2.45, 2.75) is 58.3 Å². The first-order valence-electron chi connectivity index (χ1n) is 10.2. The molecule has 4 heterocycles. The van der Waals surface area contributed by atoms with Crippen LogP contribution in [0.4, 0.5) is 10.6 Å². The van der Waals surface area contributed by atoms with E-state index in [-0.39, 0.29) is 19.6 Å². The molecular weight excluding hydrogens is 384 g/mol. The molecule has 9 nitrogen and oxygen atoms in total. The Bertz CT molecular complexity index is 1110. The summed E-state index contributed by atoms with van der Waals surface area (Å²) in [6, 6.07) is 3.67. The Hall–Kier alpha value is -2.94. The lowest BCUT2D eigenvalue weighted by Gasteiger charge is -2.46. The van der Waals surface area contributed by atoms with E-state index in [2.05, 4.69) is 16.9 Å². The average molecular weight is 412 g/mol. The molecule has 1 aliphatic rings. The highest BCUT2D eigenvalue weighted by atomic mass is 16.6. The minimum atomic E-state index is -1.08. The molecule has 160 valence electrons. The van der Waals surface area contributed by atoms with Gasteiger partial charge in [-0.3, -0.25) is 4.98 Å². The number of anilines is 1. The number of nitrogens with zero attached hydrogens (tertiary/aromatic N) is 5. The maximum atomic E-state index is 12.3. The number of pyridine rings is 2. The molecule has 0 radical (unpaired) electrons. The molecule has 3 N–H and O–H groups in total. The number of carbonyl (C=O) groups is 1. The standard InChI is InChI=1S/C21H28N6O3/c1-5-7-14-25-16-17(15-13(24-18(16)22)8-6-9-23-15)27(14)12-21(29)10-26(11-21)19(28)30-20(2,3)4/h6,8-9,29H,5,7,10-12H2,1-4H3,(H2,22,24). The zero-order valence-electron chi connectivity index (χ0n) is 17.8. The molecule has 9 heteroatoms. The fraction of sp³-hybridized carbons (Fsp3) is 0.524. The largest absolute Gasteiger partial charge is 0.444 e. The Balaban J connectivity index is 1.69. The van der Waals surface area contributed by atoms with Crippen LogP contribution in [0.5, 0.6) is 0 Å². The summed E-state index contributed by atoms with van der Waals surface area (Å²) >= 11 is 0. The lowest BCUT2D eigenvalue weighted by atomic mass is 9.94. The second-order valence-corrected chi connectivity index (χ2v) is 8.99. The van der Waals surface area contributed by atoms with Gasteiger partial charge in [0.1, 0.15) is 33.6 Å². The van der Waals surface area contributed by atoms with Crippen LogP contribution in [0.25, 0.3) is 22.1 Å². The first kappa shape index (κ1) is 20.3. The number of aromatic nitrogens is 4. The number of ether oxygens (including phenoxy) is 1. The zero-order chi connectivity index (χ0) is 21.7. The zero-order valence-corrected chi connectivity index (χ0v) is 17.8. The molecule has 0 bridgehead atoms. The van der Waals surface area contributed by atoms with Crippen molar-refractivity contribution in [2.75, 3.05) is 18.8 Å². The maximum absolute atomic E-state index is 12.3. The van der Waals surface area contributed by atoms with Crippen molar-refractivity contribution in [3.63, 3.8) is 0 Å². The van der Waals surface area contributed by atoms with Crippen molar-refractivity contribution >= 4 is 34.0 Å². The quantitative estimate of drug-likeness (QED) is 0.675. The molecule has 3 aromatic rings. The van der Waals surface area contributed by atoms with Crippen molar-refractivity contribution in [1.29, 1.82) is 0 Å². The van der Waals surface area contributed by atoms with Gasteiger partial charge in [-0.25, -0.2) is 14.8 Å². The monoisotopic (exact) mass is 412 g/mol. The van der Waals surface area contributed by atoms with Gasteiger partial charge in [-0.1, -0.05) is 6.92 Å². The minimum Gasteiger partial charge on any atom is -0.444 e. The van der Waals surface area contributed by atoms with Gasteiger partial charge in [0, 0.05) is 12.6 Å². The Morgan fingerprint density at radius 1 is 1.30 bits per heavy atom. The van der Waals surface area contributed by atoms with Crippen LogP contribution in [-0.4, -0.2) is 59.9 Å². The number of imidazole rings is 1. The summed E-state index contributed by atoms with van der Waals surface area (Å²) in [6.07, 6.45) is 2.91. The summed E-state index contributed by atoms with van der Waals surface area (Å²) in [7, 11) is 0. The van der Waals surface area contributed by atoms with Gasteiger partial charge in [0.15, 0.2) is 5.82 Å². The number of rotatable bonds is 4. The van der Waals surface area contributed by atoms with Crippen LogP contribution < -0.4 is 5.73 Å². The molecule has 3 aromatic heterocycles. The molecule has 0 aliphatic carbocycles. The van der Waals surface area contributed by atoms with Gasteiger partial charge in [0.2, 0.25) is 0 Å². The first-order chi connectivity index (χ1) is 14.1.